The zero-order chi connectivity index (χ0) is 20.9. The molecule has 1 amide bonds. The van der Waals surface area contributed by atoms with Gasteiger partial charge in [0, 0.05) is 18.4 Å². The van der Waals surface area contributed by atoms with Crippen LogP contribution in [0.25, 0.3) is 5.69 Å². The molecule has 0 spiro atoms. The molecule has 1 aromatic heterocycles. The number of aryl methyl sites for hydroxylation is 1. The predicted molar refractivity (Wildman–Crippen MR) is 116 cm³/mol. The molecule has 1 heterocycles. The zero-order valence-corrected chi connectivity index (χ0v) is 16.6. The first kappa shape index (κ1) is 19.6. The highest BCUT2D eigenvalue weighted by Gasteiger charge is 2.19. The van der Waals surface area contributed by atoms with Crippen LogP contribution in [0.1, 0.15) is 29.2 Å². The Morgan fingerprint density at radius 2 is 1.50 bits per heavy atom. The number of hydrogen-bond donors (Lipinski definition) is 1. The molecule has 0 fully saturated rings. The average Bonchev–Trinajstić information content (AvgIpc) is 3.13. The number of carbonyl (C=O) groups excluding carboxylic acids is 1. The number of carbonyl (C=O) groups is 1. The largest absolute Gasteiger partial charge is 0.311 e. The van der Waals surface area contributed by atoms with Crippen LogP contribution in [0, 0.1) is 12.7 Å². The second-order valence-electron chi connectivity index (χ2n) is 7.19. The summed E-state index contributed by atoms with van der Waals surface area (Å²) in [5, 5.41) is 7.42. The number of nitrogens with zero attached hydrogens (tertiary/aromatic N) is 2. The highest BCUT2D eigenvalue weighted by Crippen LogP contribution is 2.28. The average molecular weight is 399 g/mol. The van der Waals surface area contributed by atoms with Crippen LogP contribution < -0.4 is 5.32 Å². The van der Waals surface area contributed by atoms with E-state index in [-0.39, 0.29) is 17.6 Å². The van der Waals surface area contributed by atoms with Crippen LogP contribution in [-0.4, -0.2) is 15.7 Å². The number of hydrogen-bond acceptors (Lipinski definition) is 2. The van der Waals surface area contributed by atoms with Gasteiger partial charge in [0.2, 0.25) is 5.91 Å². The quantitative estimate of drug-likeness (QED) is 0.467. The molecule has 0 aliphatic rings. The minimum atomic E-state index is -0.318. The highest BCUT2D eigenvalue weighted by molar-refractivity contribution is 5.91. The van der Waals surface area contributed by atoms with Gasteiger partial charge in [0.15, 0.2) is 0 Å². The fraction of sp³-hybridized carbons (Fsp3) is 0.120. The van der Waals surface area contributed by atoms with Gasteiger partial charge in [0.25, 0.3) is 0 Å². The van der Waals surface area contributed by atoms with Crippen LogP contribution in [0.2, 0.25) is 0 Å². The number of anilines is 1. The minimum Gasteiger partial charge on any atom is -0.311 e. The van der Waals surface area contributed by atoms with Crippen molar-refractivity contribution in [3.05, 3.63) is 114 Å². The van der Waals surface area contributed by atoms with Gasteiger partial charge in [-0.25, -0.2) is 9.07 Å². The van der Waals surface area contributed by atoms with E-state index in [2.05, 4.69) is 10.4 Å². The fourth-order valence-corrected chi connectivity index (χ4v) is 3.55. The summed E-state index contributed by atoms with van der Waals surface area (Å²) in [6.45, 7) is 1.85. The number of aromatic nitrogens is 2. The molecule has 5 heteroatoms. The summed E-state index contributed by atoms with van der Waals surface area (Å²) in [6.07, 6.45) is 0.293. The number of rotatable bonds is 6. The number of amides is 1. The van der Waals surface area contributed by atoms with Crippen LogP contribution >= 0.6 is 0 Å². The summed E-state index contributed by atoms with van der Waals surface area (Å²) in [6, 6.07) is 27.8. The van der Waals surface area contributed by atoms with E-state index in [4.69, 9.17) is 0 Å². The van der Waals surface area contributed by atoms with Crippen molar-refractivity contribution >= 4 is 11.7 Å². The minimum absolute atomic E-state index is 0.0595. The number of nitrogens with one attached hydrogen (secondary N) is 1. The third kappa shape index (κ3) is 4.46. The van der Waals surface area contributed by atoms with Gasteiger partial charge in [0.05, 0.1) is 11.4 Å². The molecule has 3 aromatic carbocycles. The highest BCUT2D eigenvalue weighted by atomic mass is 19.1. The SMILES string of the molecule is Cc1cc(NC(=O)CC(c2ccccc2)c2ccccc2)n(-c2ccc(F)cc2)n1. The Bertz CT molecular complexity index is 1080. The maximum absolute atomic E-state index is 13.3. The summed E-state index contributed by atoms with van der Waals surface area (Å²) >= 11 is 0. The summed E-state index contributed by atoms with van der Waals surface area (Å²) < 4.78 is 14.9. The van der Waals surface area contributed by atoms with Gasteiger partial charge in [-0.2, -0.15) is 5.10 Å². The molecule has 30 heavy (non-hydrogen) atoms. The maximum Gasteiger partial charge on any atom is 0.226 e. The molecule has 0 saturated carbocycles. The second kappa shape index (κ2) is 8.74. The molecule has 0 bridgehead atoms. The van der Waals surface area contributed by atoms with Crippen molar-refractivity contribution in [3.63, 3.8) is 0 Å². The van der Waals surface area contributed by atoms with E-state index in [0.717, 1.165) is 16.8 Å². The molecule has 4 aromatic rings. The Morgan fingerprint density at radius 1 is 0.933 bits per heavy atom. The van der Waals surface area contributed by atoms with Crippen LogP contribution in [0.4, 0.5) is 10.2 Å². The molecule has 150 valence electrons. The summed E-state index contributed by atoms with van der Waals surface area (Å²) in [4.78, 5) is 13.0. The molecule has 0 aliphatic heterocycles. The van der Waals surface area contributed by atoms with Crippen LogP contribution in [0.15, 0.2) is 91.0 Å². The van der Waals surface area contributed by atoms with Crippen molar-refractivity contribution in [2.24, 2.45) is 0 Å². The Hall–Kier alpha value is -3.73. The van der Waals surface area contributed by atoms with E-state index in [1.54, 1.807) is 22.9 Å². The first-order valence-corrected chi connectivity index (χ1v) is 9.82. The normalized spacial score (nSPS) is 10.9. The summed E-state index contributed by atoms with van der Waals surface area (Å²) in [7, 11) is 0. The van der Waals surface area contributed by atoms with E-state index in [1.807, 2.05) is 67.6 Å². The first-order valence-electron chi connectivity index (χ1n) is 9.82. The van der Waals surface area contributed by atoms with E-state index in [1.165, 1.54) is 12.1 Å². The lowest BCUT2D eigenvalue weighted by Gasteiger charge is -2.18. The third-order valence-corrected chi connectivity index (χ3v) is 4.96. The van der Waals surface area contributed by atoms with Crippen molar-refractivity contribution in [1.29, 1.82) is 0 Å². The third-order valence-electron chi connectivity index (χ3n) is 4.96. The van der Waals surface area contributed by atoms with E-state index in [0.29, 0.717) is 17.9 Å². The Labute approximate surface area is 175 Å². The van der Waals surface area contributed by atoms with E-state index >= 15 is 0 Å². The van der Waals surface area contributed by atoms with Gasteiger partial charge < -0.3 is 5.32 Å². The van der Waals surface area contributed by atoms with Gasteiger partial charge >= 0.3 is 0 Å². The number of benzene rings is 3. The van der Waals surface area contributed by atoms with Gasteiger partial charge in [-0.15, -0.1) is 0 Å². The van der Waals surface area contributed by atoms with Gasteiger partial charge in [-0.1, -0.05) is 60.7 Å². The maximum atomic E-state index is 13.3. The summed E-state index contributed by atoms with van der Waals surface area (Å²) in [5.41, 5.74) is 3.61. The Balaban J connectivity index is 1.58. The lowest BCUT2D eigenvalue weighted by molar-refractivity contribution is -0.116. The van der Waals surface area contributed by atoms with Crippen LogP contribution in [0.5, 0.6) is 0 Å². The molecule has 0 unspecified atom stereocenters. The lowest BCUT2D eigenvalue weighted by atomic mass is 9.88. The van der Waals surface area contributed by atoms with Crippen molar-refractivity contribution in [2.45, 2.75) is 19.3 Å². The predicted octanol–water partition coefficient (Wildman–Crippen LogP) is 5.48. The summed E-state index contributed by atoms with van der Waals surface area (Å²) in [5.74, 6) is 0.0671. The monoisotopic (exact) mass is 399 g/mol. The number of halogens is 1. The molecule has 0 radical (unpaired) electrons. The zero-order valence-electron chi connectivity index (χ0n) is 16.6. The molecule has 1 N–H and O–H groups in total. The van der Waals surface area contributed by atoms with Crippen molar-refractivity contribution in [1.82, 2.24) is 9.78 Å². The molecule has 4 nitrogen and oxygen atoms in total. The Kier molecular flexibility index (Phi) is 5.70. The van der Waals surface area contributed by atoms with Crippen molar-refractivity contribution in [3.8, 4) is 5.69 Å². The topological polar surface area (TPSA) is 46.9 Å². The Morgan fingerprint density at radius 3 is 2.07 bits per heavy atom. The molecule has 0 saturated heterocycles. The molecular formula is C25H22FN3O. The standard InChI is InChI=1S/C25H22FN3O/c1-18-16-24(29(28-18)22-14-12-21(26)13-15-22)27-25(30)17-23(19-8-4-2-5-9-19)20-10-6-3-7-11-20/h2-16,23H,17H2,1H3,(H,27,30). The molecular weight excluding hydrogens is 377 g/mol. The van der Waals surface area contributed by atoms with Crippen LogP contribution in [-0.2, 0) is 4.79 Å². The van der Waals surface area contributed by atoms with Crippen LogP contribution in [0.3, 0.4) is 0 Å². The van der Waals surface area contributed by atoms with Gasteiger partial charge in [-0.3, -0.25) is 4.79 Å². The van der Waals surface area contributed by atoms with Gasteiger partial charge in [0.1, 0.15) is 11.6 Å². The fourth-order valence-electron chi connectivity index (χ4n) is 3.55. The molecule has 0 aliphatic carbocycles. The smallest absolute Gasteiger partial charge is 0.226 e. The van der Waals surface area contributed by atoms with Crippen molar-refractivity contribution < 1.29 is 9.18 Å². The molecule has 0 atom stereocenters. The second-order valence-corrected chi connectivity index (χ2v) is 7.19. The lowest BCUT2D eigenvalue weighted by Crippen LogP contribution is -2.18. The first-order chi connectivity index (χ1) is 14.6. The van der Waals surface area contributed by atoms with Gasteiger partial charge in [-0.05, 0) is 42.3 Å². The molecule has 4 rings (SSSR count). The van der Waals surface area contributed by atoms with E-state index in [9.17, 15) is 9.18 Å². The van der Waals surface area contributed by atoms with E-state index < -0.39 is 0 Å². The van der Waals surface area contributed by atoms with Crippen molar-refractivity contribution in [2.75, 3.05) is 5.32 Å².